The summed E-state index contributed by atoms with van der Waals surface area (Å²) in [6.07, 6.45) is -5.73. The maximum Gasteiger partial charge on any atom is 0.416 e. The van der Waals surface area contributed by atoms with Crippen LogP contribution in [0.4, 0.5) is 13.2 Å². The predicted octanol–water partition coefficient (Wildman–Crippen LogP) is 1.05. The van der Waals surface area contributed by atoms with E-state index in [1.807, 2.05) is 0 Å². The Morgan fingerprint density at radius 3 is 2.42 bits per heavy atom. The van der Waals surface area contributed by atoms with E-state index in [1.165, 1.54) is 6.92 Å². The van der Waals surface area contributed by atoms with Crippen molar-refractivity contribution in [3.8, 4) is 0 Å². The third-order valence-electron chi connectivity index (χ3n) is 2.32. The average molecular weight is 183 g/mol. The highest BCUT2D eigenvalue weighted by molar-refractivity contribution is 4.97. The summed E-state index contributed by atoms with van der Waals surface area (Å²) in [6, 6.07) is 0. The van der Waals surface area contributed by atoms with Crippen molar-refractivity contribution >= 4 is 0 Å². The highest BCUT2D eigenvalue weighted by Gasteiger charge is 2.51. The van der Waals surface area contributed by atoms with E-state index >= 15 is 0 Å². The van der Waals surface area contributed by atoms with Crippen molar-refractivity contribution in [3.05, 3.63) is 0 Å². The van der Waals surface area contributed by atoms with E-state index in [0.29, 0.717) is 19.4 Å². The number of nitrogens with one attached hydrogen (secondary N) is 1. The van der Waals surface area contributed by atoms with E-state index in [4.69, 9.17) is 5.11 Å². The van der Waals surface area contributed by atoms with Crippen LogP contribution in [0.5, 0.6) is 0 Å². The monoisotopic (exact) mass is 183 g/mol. The Labute approximate surface area is 68.8 Å². The lowest BCUT2D eigenvalue weighted by atomic mass is 9.93. The Hall–Kier alpha value is -0.290. The number of alkyl halides is 3. The van der Waals surface area contributed by atoms with Gasteiger partial charge in [-0.05, 0) is 26.3 Å². The first-order valence-electron chi connectivity index (χ1n) is 3.86. The first-order chi connectivity index (χ1) is 5.36. The maximum atomic E-state index is 12.1. The molecule has 1 saturated heterocycles. The van der Waals surface area contributed by atoms with Crippen molar-refractivity contribution < 1.29 is 18.3 Å². The highest BCUT2D eigenvalue weighted by atomic mass is 19.4. The van der Waals surface area contributed by atoms with Crippen LogP contribution in [0.3, 0.4) is 0 Å². The summed E-state index contributed by atoms with van der Waals surface area (Å²) in [5, 5.41) is 11.6. The van der Waals surface area contributed by atoms with E-state index in [2.05, 4.69) is 5.32 Å². The van der Waals surface area contributed by atoms with Crippen LogP contribution in [0.2, 0.25) is 0 Å². The summed E-state index contributed by atoms with van der Waals surface area (Å²) in [5.74, 6) is 0. The minimum atomic E-state index is -4.52. The second-order valence-corrected chi connectivity index (χ2v) is 3.39. The van der Waals surface area contributed by atoms with Gasteiger partial charge >= 0.3 is 6.18 Å². The molecule has 1 heterocycles. The molecule has 1 fully saturated rings. The molecule has 2 atom stereocenters. The Morgan fingerprint density at radius 2 is 2.08 bits per heavy atom. The van der Waals surface area contributed by atoms with Gasteiger partial charge < -0.3 is 10.4 Å². The lowest BCUT2D eigenvalue weighted by Gasteiger charge is -2.31. The van der Waals surface area contributed by atoms with E-state index in [9.17, 15) is 13.2 Å². The molecule has 72 valence electrons. The quantitative estimate of drug-likeness (QED) is 0.637. The summed E-state index contributed by atoms with van der Waals surface area (Å²) in [4.78, 5) is 0. The van der Waals surface area contributed by atoms with Crippen molar-refractivity contribution in [2.45, 2.75) is 37.6 Å². The molecule has 1 aliphatic heterocycles. The normalized spacial score (nSPS) is 33.8. The molecule has 0 spiro atoms. The molecule has 0 aromatic heterocycles. The van der Waals surface area contributed by atoms with E-state index in [1.54, 1.807) is 0 Å². The fourth-order valence-corrected chi connectivity index (χ4v) is 1.51. The Bertz CT molecular complexity index is 163. The maximum absolute atomic E-state index is 12.1. The van der Waals surface area contributed by atoms with Gasteiger partial charge in [-0.2, -0.15) is 13.2 Å². The third kappa shape index (κ3) is 1.72. The molecule has 0 aromatic rings. The number of rotatable bonds is 1. The Balaban J connectivity index is 2.68. The molecule has 0 amide bonds. The Morgan fingerprint density at radius 1 is 1.50 bits per heavy atom. The van der Waals surface area contributed by atoms with Crippen LogP contribution in [0.15, 0.2) is 0 Å². The van der Waals surface area contributed by atoms with Gasteiger partial charge in [-0.15, -0.1) is 0 Å². The van der Waals surface area contributed by atoms with Crippen molar-refractivity contribution in [3.63, 3.8) is 0 Å². The molecule has 0 radical (unpaired) electrons. The molecule has 0 bridgehead atoms. The first kappa shape index (κ1) is 9.80. The van der Waals surface area contributed by atoms with Crippen LogP contribution in [0.25, 0.3) is 0 Å². The second kappa shape index (κ2) is 2.88. The van der Waals surface area contributed by atoms with Crippen LogP contribution in [0.1, 0.15) is 19.8 Å². The molecule has 2 nitrogen and oxygen atoms in total. The van der Waals surface area contributed by atoms with Crippen LogP contribution in [-0.2, 0) is 0 Å². The summed E-state index contributed by atoms with van der Waals surface area (Å²) in [6.45, 7) is 1.95. The van der Waals surface area contributed by atoms with Crippen LogP contribution in [0, 0.1) is 0 Å². The lowest BCUT2D eigenvalue weighted by molar-refractivity contribution is -0.223. The van der Waals surface area contributed by atoms with Gasteiger partial charge in [-0.3, -0.25) is 0 Å². The standard InChI is InChI=1S/C7H12F3NO/c1-6(3-2-4-11-6)5(12)7(8,9)10/h5,11-12H,2-4H2,1H3/t5-,6+/m1/s1. The van der Waals surface area contributed by atoms with Gasteiger partial charge in [-0.1, -0.05) is 0 Å². The molecule has 0 aliphatic carbocycles. The molecule has 0 unspecified atom stereocenters. The predicted molar refractivity (Wildman–Crippen MR) is 37.7 cm³/mol. The fraction of sp³-hybridized carbons (Fsp3) is 1.00. The first-order valence-corrected chi connectivity index (χ1v) is 3.86. The summed E-state index contributed by atoms with van der Waals surface area (Å²) < 4.78 is 36.2. The van der Waals surface area contributed by atoms with Gasteiger partial charge in [-0.25, -0.2) is 0 Å². The van der Waals surface area contributed by atoms with Gasteiger partial charge in [0.25, 0.3) is 0 Å². The number of aliphatic hydroxyl groups excluding tert-OH is 1. The summed E-state index contributed by atoms with van der Waals surface area (Å²) >= 11 is 0. The molecule has 0 aromatic carbocycles. The van der Waals surface area contributed by atoms with Crippen LogP contribution < -0.4 is 5.32 Å². The van der Waals surface area contributed by atoms with Crippen LogP contribution in [-0.4, -0.2) is 29.5 Å². The zero-order chi connectivity index (χ0) is 9.41. The zero-order valence-electron chi connectivity index (χ0n) is 6.78. The molecule has 0 saturated carbocycles. The molecule has 1 aliphatic rings. The SMILES string of the molecule is C[C@@]1([C@@H](O)C(F)(F)F)CCCN1. The number of hydrogen-bond donors (Lipinski definition) is 2. The molecule has 12 heavy (non-hydrogen) atoms. The van der Waals surface area contributed by atoms with E-state index in [0.717, 1.165) is 0 Å². The van der Waals surface area contributed by atoms with E-state index in [-0.39, 0.29) is 0 Å². The van der Waals surface area contributed by atoms with Gasteiger partial charge in [0.15, 0.2) is 6.10 Å². The fourth-order valence-electron chi connectivity index (χ4n) is 1.51. The van der Waals surface area contributed by atoms with Crippen molar-refractivity contribution in [1.82, 2.24) is 5.32 Å². The van der Waals surface area contributed by atoms with Crippen molar-refractivity contribution in [2.24, 2.45) is 0 Å². The molecule has 1 rings (SSSR count). The molecule has 5 heteroatoms. The van der Waals surface area contributed by atoms with Gasteiger partial charge in [0.1, 0.15) is 0 Å². The van der Waals surface area contributed by atoms with Gasteiger partial charge in [0.05, 0.1) is 5.54 Å². The summed E-state index contributed by atoms with van der Waals surface area (Å²) in [7, 11) is 0. The van der Waals surface area contributed by atoms with E-state index < -0.39 is 17.8 Å². The van der Waals surface area contributed by atoms with Crippen LogP contribution >= 0.6 is 0 Å². The smallest absolute Gasteiger partial charge is 0.382 e. The number of halogens is 3. The van der Waals surface area contributed by atoms with Gasteiger partial charge in [0, 0.05) is 0 Å². The average Bonchev–Trinajstić information content (AvgIpc) is 2.34. The highest BCUT2D eigenvalue weighted by Crippen LogP contribution is 2.33. The molecular formula is C7H12F3NO. The lowest BCUT2D eigenvalue weighted by Crippen LogP contribution is -2.54. The minimum absolute atomic E-state index is 0.369. The van der Waals surface area contributed by atoms with Crippen molar-refractivity contribution in [2.75, 3.05) is 6.54 Å². The van der Waals surface area contributed by atoms with Crippen molar-refractivity contribution in [1.29, 1.82) is 0 Å². The third-order valence-corrected chi connectivity index (χ3v) is 2.32. The largest absolute Gasteiger partial charge is 0.416 e. The second-order valence-electron chi connectivity index (χ2n) is 3.39. The Kier molecular flexibility index (Phi) is 2.35. The van der Waals surface area contributed by atoms with Gasteiger partial charge in [0.2, 0.25) is 0 Å². The number of hydrogen-bond acceptors (Lipinski definition) is 2. The topological polar surface area (TPSA) is 32.3 Å². The molecule has 2 N–H and O–H groups in total. The number of aliphatic hydroxyl groups is 1. The minimum Gasteiger partial charge on any atom is -0.382 e. The summed E-state index contributed by atoms with van der Waals surface area (Å²) in [5.41, 5.74) is -1.18. The molecular weight excluding hydrogens is 171 g/mol. The zero-order valence-corrected chi connectivity index (χ0v) is 6.78.